The van der Waals surface area contributed by atoms with E-state index in [1.54, 1.807) is 0 Å². The van der Waals surface area contributed by atoms with Crippen LogP contribution in [-0.2, 0) is 28.2 Å². The zero-order valence-electron chi connectivity index (χ0n) is 33.5. The Morgan fingerprint density at radius 1 is 0.500 bits per heavy atom. The van der Waals surface area contributed by atoms with Gasteiger partial charge < -0.3 is 19.3 Å². The Hall–Kier alpha value is -1.73. The van der Waals surface area contributed by atoms with Gasteiger partial charge in [-0.25, -0.2) is 4.57 Å². The van der Waals surface area contributed by atoms with E-state index < -0.39 is 32.5 Å². The van der Waals surface area contributed by atoms with Gasteiger partial charge in [0, 0.05) is 12.8 Å². The van der Waals surface area contributed by atoms with Gasteiger partial charge in [-0.1, -0.05) is 159 Å². The molecule has 2 N–H and O–H groups in total. The number of phosphoric ester groups is 1. The maximum Gasteiger partial charge on any atom is 0.469 e. The third kappa shape index (κ3) is 41.0. The van der Waals surface area contributed by atoms with Crippen molar-refractivity contribution in [1.82, 2.24) is 0 Å². The second-order valence-electron chi connectivity index (χ2n) is 14.3. The number of hydrogen-bond donors (Lipinski definition) is 2. The highest BCUT2D eigenvalue weighted by Gasteiger charge is 2.22. The Kier molecular flexibility index (Phi) is 37.7. The molecule has 0 saturated carbocycles. The first-order valence-electron chi connectivity index (χ1n) is 21.3. The highest BCUT2D eigenvalue weighted by molar-refractivity contribution is 7.46. The van der Waals surface area contributed by atoms with E-state index in [9.17, 15) is 14.2 Å². The zero-order valence-corrected chi connectivity index (χ0v) is 34.4. The summed E-state index contributed by atoms with van der Waals surface area (Å²) in [6.07, 6.45) is 45.8. The summed E-state index contributed by atoms with van der Waals surface area (Å²) in [7, 11) is -4.76. The second-order valence-corrected chi connectivity index (χ2v) is 15.5. The average molecular weight is 755 g/mol. The molecule has 0 radical (unpaired) electrons. The predicted molar refractivity (Wildman–Crippen MR) is 216 cm³/mol. The summed E-state index contributed by atoms with van der Waals surface area (Å²) in [5.41, 5.74) is 0. The Morgan fingerprint density at radius 3 is 1.33 bits per heavy atom. The topological polar surface area (TPSA) is 119 Å². The third-order valence-corrected chi connectivity index (χ3v) is 9.62. The van der Waals surface area contributed by atoms with Crippen LogP contribution in [0.15, 0.2) is 36.5 Å². The molecule has 0 aromatic rings. The van der Waals surface area contributed by atoms with E-state index in [1.165, 1.54) is 122 Å². The van der Waals surface area contributed by atoms with Crippen LogP contribution in [0.1, 0.15) is 206 Å². The quantitative estimate of drug-likeness (QED) is 0.0275. The number of phosphoric acid groups is 1. The molecule has 0 aromatic heterocycles. The van der Waals surface area contributed by atoms with Gasteiger partial charge in [0.05, 0.1) is 6.61 Å². The van der Waals surface area contributed by atoms with Crippen molar-refractivity contribution in [2.45, 2.75) is 213 Å². The first-order valence-corrected chi connectivity index (χ1v) is 22.8. The summed E-state index contributed by atoms with van der Waals surface area (Å²) in [5.74, 6) is -0.921. The summed E-state index contributed by atoms with van der Waals surface area (Å²) in [4.78, 5) is 42.8. The molecule has 0 heterocycles. The van der Waals surface area contributed by atoms with Crippen molar-refractivity contribution in [1.29, 1.82) is 0 Å². The van der Waals surface area contributed by atoms with E-state index in [1.807, 2.05) is 0 Å². The van der Waals surface area contributed by atoms with Crippen molar-refractivity contribution in [3.8, 4) is 0 Å². The predicted octanol–water partition coefficient (Wildman–Crippen LogP) is 13.0. The molecule has 0 unspecified atom stereocenters. The second kappa shape index (κ2) is 39.0. The molecule has 0 rings (SSSR count). The molecule has 0 fully saturated rings. The van der Waals surface area contributed by atoms with E-state index in [0.29, 0.717) is 6.42 Å². The molecular weight excluding hydrogens is 675 g/mol. The SMILES string of the molecule is CCCCCCCC/C=C/C/C=C/CCCCC(=O)O[C@H](COC(=O)CCCCCCCCCCC/C=C/CCCCCCCC)COP(=O)(O)O. The van der Waals surface area contributed by atoms with Crippen molar-refractivity contribution in [2.24, 2.45) is 0 Å². The normalized spacial score (nSPS) is 12.8. The van der Waals surface area contributed by atoms with Crippen LogP contribution in [0.25, 0.3) is 0 Å². The Morgan fingerprint density at radius 2 is 0.865 bits per heavy atom. The van der Waals surface area contributed by atoms with Crippen LogP contribution in [0.5, 0.6) is 0 Å². The summed E-state index contributed by atoms with van der Waals surface area (Å²) < 4.78 is 26.4. The van der Waals surface area contributed by atoms with Crippen molar-refractivity contribution < 1.29 is 37.9 Å². The van der Waals surface area contributed by atoms with Crippen LogP contribution in [0.2, 0.25) is 0 Å². The standard InChI is InChI=1S/C43H79O8P/c1-3-5-7-9-11-13-15-17-19-20-21-22-24-25-27-29-31-33-35-37-42(44)49-39-41(40-50-52(46,47)48)51-43(45)38-36-34-32-30-28-26-23-18-16-14-12-10-8-6-4-2/h17-19,23,28,30,41H,3-16,20-22,24-27,29,31-40H2,1-2H3,(H2,46,47,48)/b19-17+,23-18+,30-28+/t41-/m1/s1. The fourth-order valence-electron chi connectivity index (χ4n) is 5.93. The maximum atomic E-state index is 12.4. The third-order valence-electron chi connectivity index (χ3n) is 9.13. The van der Waals surface area contributed by atoms with E-state index in [-0.39, 0.29) is 19.4 Å². The van der Waals surface area contributed by atoms with Crippen molar-refractivity contribution >= 4 is 19.8 Å². The van der Waals surface area contributed by atoms with Crippen LogP contribution >= 0.6 is 7.82 Å². The fourth-order valence-corrected chi connectivity index (χ4v) is 6.29. The number of hydrogen-bond acceptors (Lipinski definition) is 6. The van der Waals surface area contributed by atoms with Gasteiger partial charge in [-0.3, -0.25) is 14.1 Å². The largest absolute Gasteiger partial charge is 0.469 e. The molecule has 0 saturated heterocycles. The monoisotopic (exact) mass is 755 g/mol. The first kappa shape index (κ1) is 50.3. The zero-order chi connectivity index (χ0) is 38.2. The van der Waals surface area contributed by atoms with Crippen LogP contribution < -0.4 is 0 Å². The number of carbonyl (C=O) groups excluding carboxylic acids is 2. The van der Waals surface area contributed by atoms with Crippen molar-refractivity contribution in [2.75, 3.05) is 13.2 Å². The van der Waals surface area contributed by atoms with Crippen LogP contribution in [-0.4, -0.2) is 41.0 Å². The van der Waals surface area contributed by atoms with E-state index in [4.69, 9.17) is 19.3 Å². The molecule has 0 aromatic carbocycles. The van der Waals surface area contributed by atoms with E-state index in [0.717, 1.165) is 51.4 Å². The molecule has 0 amide bonds. The molecule has 52 heavy (non-hydrogen) atoms. The number of unbranched alkanes of at least 4 members (excludes halogenated alkanes) is 23. The van der Waals surface area contributed by atoms with Crippen LogP contribution in [0.4, 0.5) is 0 Å². The van der Waals surface area contributed by atoms with E-state index in [2.05, 4.69) is 54.8 Å². The lowest BCUT2D eigenvalue weighted by atomic mass is 10.1. The molecule has 0 aliphatic heterocycles. The van der Waals surface area contributed by atoms with E-state index >= 15 is 0 Å². The first-order chi connectivity index (χ1) is 25.3. The van der Waals surface area contributed by atoms with Gasteiger partial charge in [-0.15, -0.1) is 0 Å². The highest BCUT2D eigenvalue weighted by atomic mass is 31.2. The maximum absolute atomic E-state index is 12.4. The Balaban J connectivity index is 3.94. The lowest BCUT2D eigenvalue weighted by molar-refractivity contribution is -0.161. The molecule has 0 bridgehead atoms. The average Bonchev–Trinajstić information content (AvgIpc) is 3.11. The minimum absolute atomic E-state index is 0.170. The molecule has 9 heteroatoms. The molecule has 0 aliphatic carbocycles. The van der Waals surface area contributed by atoms with Gasteiger partial charge >= 0.3 is 19.8 Å². The number of ether oxygens (including phenoxy) is 2. The minimum atomic E-state index is -4.76. The highest BCUT2D eigenvalue weighted by Crippen LogP contribution is 2.36. The lowest BCUT2D eigenvalue weighted by Gasteiger charge is -2.18. The summed E-state index contributed by atoms with van der Waals surface area (Å²) in [6, 6.07) is 0. The summed E-state index contributed by atoms with van der Waals surface area (Å²) >= 11 is 0. The van der Waals surface area contributed by atoms with Gasteiger partial charge in [0.25, 0.3) is 0 Å². The minimum Gasteiger partial charge on any atom is -0.462 e. The van der Waals surface area contributed by atoms with Gasteiger partial charge in [0.15, 0.2) is 6.10 Å². The Bertz CT molecular complexity index is 941. The van der Waals surface area contributed by atoms with Crippen LogP contribution in [0, 0.1) is 0 Å². The lowest BCUT2D eigenvalue weighted by Crippen LogP contribution is -2.29. The van der Waals surface area contributed by atoms with Gasteiger partial charge in [-0.2, -0.15) is 0 Å². The molecule has 0 spiro atoms. The molecule has 304 valence electrons. The van der Waals surface area contributed by atoms with Gasteiger partial charge in [-0.05, 0) is 70.6 Å². The smallest absolute Gasteiger partial charge is 0.462 e. The number of allylic oxidation sites excluding steroid dienone is 6. The Labute approximate surface area is 319 Å². The van der Waals surface area contributed by atoms with Gasteiger partial charge in [0.1, 0.15) is 6.61 Å². The van der Waals surface area contributed by atoms with Gasteiger partial charge in [0.2, 0.25) is 0 Å². The van der Waals surface area contributed by atoms with Crippen molar-refractivity contribution in [3.05, 3.63) is 36.5 Å². The molecule has 1 atom stereocenters. The molecule has 0 aliphatic rings. The fraction of sp³-hybridized carbons (Fsp3) is 0.814. The molecule has 8 nitrogen and oxygen atoms in total. The number of rotatable bonds is 39. The van der Waals surface area contributed by atoms with Crippen LogP contribution in [0.3, 0.4) is 0 Å². The summed E-state index contributed by atoms with van der Waals surface area (Å²) in [6.45, 7) is 3.65. The van der Waals surface area contributed by atoms with Crippen molar-refractivity contribution in [3.63, 3.8) is 0 Å². The number of esters is 2. The molecular formula is C43H79O8P. The summed E-state index contributed by atoms with van der Waals surface area (Å²) in [5, 5.41) is 0. The number of carbonyl (C=O) groups is 2.